The van der Waals surface area contributed by atoms with Gasteiger partial charge in [0.2, 0.25) is 0 Å². The van der Waals surface area contributed by atoms with E-state index in [1.165, 1.54) is 25.7 Å². The van der Waals surface area contributed by atoms with Crippen molar-refractivity contribution in [2.24, 2.45) is 10.9 Å². The number of anilines is 1. The number of amidine groups is 1. The molecule has 4 rings (SSSR count). The number of aromatic nitrogens is 1. The maximum atomic E-state index is 12.3. The number of rotatable bonds is 4. The Labute approximate surface area is 129 Å². The van der Waals surface area contributed by atoms with E-state index in [0.717, 1.165) is 22.9 Å². The minimum absolute atomic E-state index is 0.102. The number of hydrogen-bond donors (Lipinski definition) is 2. The highest BCUT2D eigenvalue weighted by Crippen LogP contribution is 2.39. The van der Waals surface area contributed by atoms with Gasteiger partial charge in [-0.15, -0.1) is 0 Å². The van der Waals surface area contributed by atoms with E-state index < -0.39 is 0 Å². The fraction of sp³-hybridized carbons (Fsp3) is 0.471. The molecule has 1 amide bonds. The quantitative estimate of drug-likeness (QED) is 0.897. The zero-order valence-corrected chi connectivity index (χ0v) is 12.7. The molecule has 1 aromatic heterocycles. The summed E-state index contributed by atoms with van der Waals surface area (Å²) in [4.78, 5) is 21.4. The summed E-state index contributed by atoms with van der Waals surface area (Å²) < 4.78 is 0. The first-order valence-electron chi connectivity index (χ1n) is 7.99. The molecular weight excluding hydrogens is 276 g/mol. The van der Waals surface area contributed by atoms with Crippen molar-refractivity contribution in [3.8, 4) is 0 Å². The summed E-state index contributed by atoms with van der Waals surface area (Å²) in [6.07, 6.45) is 6.67. The van der Waals surface area contributed by atoms with Gasteiger partial charge in [0.15, 0.2) is 0 Å². The molecule has 5 heteroatoms. The van der Waals surface area contributed by atoms with E-state index in [0.29, 0.717) is 24.0 Å². The molecule has 0 radical (unpaired) electrons. The molecule has 114 valence electrons. The SMILES string of the molecule is Cc1nc(C2CC2)ccc1NC(=O)C1=CNC(C2CC2)=NC1. The van der Waals surface area contributed by atoms with Crippen LogP contribution in [0.2, 0.25) is 0 Å². The normalized spacial score (nSPS) is 20.8. The largest absolute Gasteiger partial charge is 0.350 e. The van der Waals surface area contributed by atoms with Gasteiger partial charge in [0.05, 0.1) is 23.5 Å². The number of aliphatic imine (C=N–C) groups is 1. The van der Waals surface area contributed by atoms with Crippen molar-refractivity contribution in [2.45, 2.75) is 38.5 Å². The molecule has 3 aliphatic rings. The lowest BCUT2D eigenvalue weighted by Crippen LogP contribution is -2.29. The van der Waals surface area contributed by atoms with Crippen molar-refractivity contribution in [1.29, 1.82) is 0 Å². The van der Waals surface area contributed by atoms with Crippen molar-refractivity contribution >= 4 is 17.4 Å². The summed E-state index contributed by atoms with van der Waals surface area (Å²) in [6, 6.07) is 3.99. The molecule has 2 N–H and O–H groups in total. The van der Waals surface area contributed by atoms with Gasteiger partial charge < -0.3 is 10.6 Å². The van der Waals surface area contributed by atoms with Gasteiger partial charge in [-0.2, -0.15) is 0 Å². The molecule has 2 fully saturated rings. The lowest BCUT2D eigenvalue weighted by Gasteiger charge is -2.15. The average Bonchev–Trinajstić information content (AvgIpc) is 3.41. The van der Waals surface area contributed by atoms with Crippen molar-refractivity contribution in [2.75, 3.05) is 11.9 Å². The van der Waals surface area contributed by atoms with Gasteiger partial charge in [0.1, 0.15) is 5.84 Å². The molecule has 2 heterocycles. The van der Waals surface area contributed by atoms with Crippen molar-refractivity contribution < 1.29 is 4.79 Å². The summed E-state index contributed by atoms with van der Waals surface area (Å²) in [5.41, 5.74) is 3.47. The van der Waals surface area contributed by atoms with Gasteiger partial charge in [-0.3, -0.25) is 14.8 Å². The van der Waals surface area contributed by atoms with Crippen LogP contribution in [0.25, 0.3) is 0 Å². The van der Waals surface area contributed by atoms with Crippen LogP contribution in [0.3, 0.4) is 0 Å². The Balaban J connectivity index is 1.41. The van der Waals surface area contributed by atoms with Crippen LogP contribution in [0.1, 0.15) is 43.0 Å². The first-order chi connectivity index (χ1) is 10.7. The van der Waals surface area contributed by atoms with E-state index in [1.54, 1.807) is 6.20 Å². The topological polar surface area (TPSA) is 66.4 Å². The lowest BCUT2D eigenvalue weighted by atomic mass is 10.2. The van der Waals surface area contributed by atoms with Gasteiger partial charge >= 0.3 is 0 Å². The summed E-state index contributed by atoms with van der Waals surface area (Å²) >= 11 is 0. The average molecular weight is 296 g/mol. The fourth-order valence-corrected chi connectivity index (χ4v) is 2.69. The number of nitrogens with one attached hydrogen (secondary N) is 2. The first-order valence-corrected chi connectivity index (χ1v) is 7.99. The van der Waals surface area contributed by atoms with E-state index in [-0.39, 0.29) is 5.91 Å². The van der Waals surface area contributed by atoms with E-state index in [1.807, 2.05) is 19.1 Å². The minimum atomic E-state index is -0.102. The van der Waals surface area contributed by atoms with Gasteiger partial charge in [0.25, 0.3) is 5.91 Å². The molecule has 5 nitrogen and oxygen atoms in total. The minimum Gasteiger partial charge on any atom is -0.350 e. The van der Waals surface area contributed by atoms with Crippen molar-refractivity contribution in [3.05, 3.63) is 35.3 Å². The Morgan fingerprint density at radius 3 is 2.59 bits per heavy atom. The van der Waals surface area contributed by atoms with Gasteiger partial charge in [-0.1, -0.05) is 0 Å². The number of aryl methyl sites for hydroxylation is 1. The highest BCUT2D eigenvalue weighted by Gasteiger charge is 2.29. The lowest BCUT2D eigenvalue weighted by molar-refractivity contribution is -0.112. The molecule has 0 atom stereocenters. The van der Waals surface area contributed by atoms with Crippen LogP contribution in [0.5, 0.6) is 0 Å². The van der Waals surface area contributed by atoms with Crippen LogP contribution in [-0.4, -0.2) is 23.3 Å². The number of carbonyl (C=O) groups is 1. The monoisotopic (exact) mass is 296 g/mol. The highest BCUT2D eigenvalue weighted by molar-refractivity contribution is 6.05. The first kappa shape index (κ1) is 13.5. The third-order valence-corrected chi connectivity index (χ3v) is 4.42. The zero-order valence-electron chi connectivity index (χ0n) is 12.7. The number of amides is 1. The fourth-order valence-electron chi connectivity index (χ4n) is 2.69. The molecule has 1 aromatic rings. The van der Waals surface area contributed by atoms with Crippen molar-refractivity contribution in [1.82, 2.24) is 10.3 Å². The van der Waals surface area contributed by atoms with Crippen molar-refractivity contribution in [3.63, 3.8) is 0 Å². The number of hydrogen-bond acceptors (Lipinski definition) is 4. The zero-order chi connectivity index (χ0) is 15.1. The van der Waals surface area contributed by atoms with Crippen LogP contribution < -0.4 is 10.6 Å². The predicted octanol–water partition coefficient (Wildman–Crippen LogP) is 2.50. The standard InChI is InChI=1S/C17H20N4O/c1-10-14(6-7-15(20-10)11-2-3-11)21-17(22)13-8-18-16(19-9-13)12-4-5-12/h6-8,11-12H,2-5,9H2,1H3,(H,18,19)(H,21,22). The third-order valence-electron chi connectivity index (χ3n) is 4.42. The molecule has 0 saturated heterocycles. The Hall–Kier alpha value is -2.17. The summed E-state index contributed by atoms with van der Waals surface area (Å²) in [5.74, 6) is 2.14. The number of pyridine rings is 1. The van der Waals surface area contributed by atoms with Gasteiger partial charge in [-0.25, -0.2) is 0 Å². The van der Waals surface area contributed by atoms with E-state index in [2.05, 4.69) is 20.6 Å². The van der Waals surface area contributed by atoms with Gasteiger partial charge in [-0.05, 0) is 44.7 Å². The number of nitrogens with zero attached hydrogens (tertiary/aromatic N) is 2. The molecule has 1 aliphatic heterocycles. The maximum absolute atomic E-state index is 12.3. The molecule has 0 spiro atoms. The summed E-state index contributed by atoms with van der Waals surface area (Å²) in [7, 11) is 0. The van der Waals surface area contributed by atoms with E-state index >= 15 is 0 Å². The van der Waals surface area contributed by atoms with E-state index in [9.17, 15) is 4.79 Å². The van der Waals surface area contributed by atoms with Gasteiger partial charge in [0, 0.05) is 23.7 Å². The predicted molar refractivity (Wildman–Crippen MR) is 85.8 cm³/mol. The van der Waals surface area contributed by atoms with Crippen LogP contribution >= 0.6 is 0 Å². The number of carbonyl (C=O) groups excluding carboxylic acids is 1. The molecule has 2 saturated carbocycles. The third kappa shape index (κ3) is 2.75. The Kier molecular flexibility index (Phi) is 3.21. The van der Waals surface area contributed by atoms with Crippen LogP contribution in [0, 0.1) is 12.8 Å². The second-order valence-electron chi connectivity index (χ2n) is 6.39. The highest BCUT2D eigenvalue weighted by atomic mass is 16.1. The Bertz CT molecular complexity index is 684. The van der Waals surface area contributed by atoms with E-state index in [4.69, 9.17) is 0 Å². The molecule has 2 aliphatic carbocycles. The molecular formula is C17H20N4O. The van der Waals surface area contributed by atoms with Crippen LogP contribution in [-0.2, 0) is 4.79 Å². The molecule has 0 bridgehead atoms. The molecule has 22 heavy (non-hydrogen) atoms. The maximum Gasteiger partial charge on any atom is 0.255 e. The summed E-state index contributed by atoms with van der Waals surface area (Å²) in [5, 5.41) is 6.10. The Morgan fingerprint density at radius 2 is 2.00 bits per heavy atom. The second kappa shape index (κ2) is 5.23. The molecule has 0 unspecified atom stereocenters. The second-order valence-corrected chi connectivity index (χ2v) is 6.39. The Morgan fingerprint density at radius 1 is 1.23 bits per heavy atom. The van der Waals surface area contributed by atoms with Crippen LogP contribution in [0.4, 0.5) is 5.69 Å². The molecule has 0 aromatic carbocycles. The summed E-state index contributed by atoms with van der Waals surface area (Å²) in [6.45, 7) is 2.40. The smallest absolute Gasteiger partial charge is 0.255 e. The van der Waals surface area contributed by atoms with Crippen LogP contribution in [0.15, 0.2) is 28.9 Å².